The molecular weight excluding hydrogens is 190 g/mol. The highest BCUT2D eigenvalue weighted by Gasteiger charge is 2.25. The summed E-state index contributed by atoms with van der Waals surface area (Å²) in [5.41, 5.74) is 7.83. The summed E-state index contributed by atoms with van der Waals surface area (Å²) in [6.45, 7) is 2.85. The Balaban J connectivity index is 2.32. The van der Waals surface area contributed by atoms with Crippen LogP contribution >= 0.6 is 0 Å². The van der Waals surface area contributed by atoms with Crippen LogP contribution in [0.5, 0.6) is 0 Å². The zero-order valence-corrected chi connectivity index (χ0v) is 8.81. The fourth-order valence-corrected chi connectivity index (χ4v) is 2.19. The Morgan fingerprint density at radius 3 is 3.13 bits per heavy atom. The number of pyridine rings is 1. The van der Waals surface area contributed by atoms with Gasteiger partial charge in [-0.15, -0.1) is 0 Å². The lowest BCUT2D eigenvalue weighted by molar-refractivity contribution is -0.118. The Kier molecular flexibility index (Phi) is 2.58. The van der Waals surface area contributed by atoms with Gasteiger partial charge in [0.25, 0.3) is 0 Å². The molecule has 0 bridgehead atoms. The van der Waals surface area contributed by atoms with Crippen molar-refractivity contribution in [1.29, 1.82) is 0 Å². The van der Waals surface area contributed by atoms with Crippen molar-refractivity contribution in [1.82, 2.24) is 9.88 Å². The van der Waals surface area contributed by atoms with Gasteiger partial charge in [0.2, 0.25) is 6.41 Å². The number of hydrogen-bond donors (Lipinski definition) is 1. The van der Waals surface area contributed by atoms with Gasteiger partial charge in [-0.2, -0.15) is 0 Å². The molecule has 0 aliphatic carbocycles. The predicted molar refractivity (Wildman–Crippen MR) is 58.1 cm³/mol. The number of carbonyl (C=O) groups is 1. The minimum absolute atomic E-state index is 0.190. The Labute approximate surface area is 89.1 Å². The molecule has 0 aromatic carbocycles. The van der Waals surface area contributed by atoms with Crippen LogP contribution in [0.25, 0.3) is 0 Å². The molecule has 1 amide bonds. The lowest BCUT2D eigenvalue weighted by Gasteiger charge is -2.21. The van der Waals surface area contributed by atoms with E-state index >= 15 is 0 Å². The predicted octanol–water partition coefficient (Wildman–Crippen LogP) is 1.27. The number of anilines is 1. The van der Waals surface area contributed by atoms with Crippen molar-refractivity contribution in [2.75, 3.05) is 12.3 Å². The highest BCUT2D eigenvalue weighted by atomic mass is 16.1. The molecule has 4 nitrogen and oxygen atoms in total. The molecule has 1 aliphatic heterocycles. The highest BCUT2D eigenvalue weighted by Crippen LogP contribution is 2.32. The lowest BCUT2D eigenvalue weighted by atomic mass is 10.0. The van der Waals surface area contributed by atoms with Gasteiger partial charge < -0.3 is 10.6 Å². The summed E-state index contributed by atoms with van der Waals surface area (Å²) >= 11 is 0. The van der Waals surface area contributed by atoms with Crippen molar-refractivity contribution in [3.63, 3.8) is 0 Å². The fourth-order valence-electron chi connectivity index (χ4n) is 2.19. The maximum atomic E-state index is 10.8. The van der Waals surface area contributed by atoms with Crippen LogP contribution in [-0.2, 0) is 4.79 Å². The maximum absolute atomic E-state index is 10.8. The highest BCUT2D eigenvalue weighted by molar-refractivity contribution is 5.50. The van der Waals surface area contributed by atoms with Crippen molar-refractivity contribution in [2.45, 2.75) is 25.8 Å². The third-order valence-corrected chi connectivity index (χ3v) is 2.96. The molecule has 1 saturated heterocycles. The molecule has 0 spiro atoms. The van der Waals surface area contributed by atoms with E-state index in [-0.39, 0.29) is 6.04 Å². The van der Waals surface area contributed by atoms with Gasteiger partial charge in [-0.3, -0.25) is 4.79 Å². The second-order valence-electron chi connectivity index (χ2n) is 3.97. The molecule has 2 heterocycles. The summed E-state index contributed by atoms with van der Waals surface area (Å²) in [7, 11) is 0. The first-order valence-corrected chi connectivity index (χ1v) is 5.15. The van der Waals surface area contributed by atoms with Gasteiger partial charge in [0.1, 0.15) is 5.82 Å². The quantitative estimate of drug-likeness (QED) is 0.739. The van der Waals surface area contributed by atoms with Crippen molar-refractivity contribution in [3.05, 3.63) is 23.4 Å². The normalized spacial score (nSPS) is 20.6. The Morgan fingerprint density at radius 1 is 1.67 bits per heavy atom. The first kappa shape index (κ1) is 9.96. The summed E-state index contributed by atoms with van der Waals surface area (Å²) in [5.74, 6) is 0.534. The molecule has 1 aliphatic rings. The average molecular weight is 205 g/mol. The van der Waals surface area contributed by atoms with Crippen molar-refractivity contribution in [3.8, 4) is 0 Å². The first-order chi connectivity index (χ1) is 7.22. The number of nitrogens with zero attached hydrogens (tertiary/aromatic N) is 2. The smallest absolute Gasteiger partial charge is 0.210 e. The van der Waals surface area contributed by atoms with Crippen LogP contribution in [-0.4, -0.2) is 22.8 Å². The summed E-state index contributed by atoms with van der Waals surface area (Å²) in [5, 5.41) is 0. The number of nitrogens with two attached hydrogens (primary N) is 1. The van der Waals surface area contributed by atoms with Crippen molar-refractivity contribution in [2.24, 2.45) is 0 Å². The molecule has 15 heavy (non-hydrogen) atoms. The number of likely N-dealkylation sites (tertiary alicyclic amines) is 1. The van der Waals surface area contributed by atoms with E-state index in [1.165, 1.54) is 0 Å². The molecule has 1 aromatic heterocycles. The van der Waals surface area contributed by atoms with E-state index in [0.29, 0.717) is 5.82 Å². The number of hydrogen-bond acceptors (Lipinski definition) is 3. The molecule has 0 saturated carbocycles. The number of rotatable bonds is 2. The van der Waals surface area contributed by atoms with Crippen LogP contribution < -0.4 is 5.73 Å². The molecule has 80 valence electrons. The van der Waals surface area contributed by atoms with Crippen LogP contribution in [0.3, 0.4) is 0 Å². The molecule has 4 heteroatoms. The van der Waals surface area contributed by atoms with Crippen LogP contribution in [0.1, 0.15) is 30.0 Å². The molecule has 2 N–H and O–H groups in total. The molecule has 2 rings (SSSR count). The minimum atomic E-state index is 0.190. The third-order valence-electron chi connectivity index (χ3n) is 2.96. The number of aryl methyl sites for hydroxylation is 1. The average Bonchev–Trinajstić information content (AvgIpc) is 2.65. The third kappa shape index (κ3) is 1.79. The van der Waals surface area contributed by atoms with Gasteiger partial charge >= 0.3 is 0 Å². The number of carbonyl (C=O) groups excluding carboxylic acids is 1. The number of amides is 1. The Hall–Kier alpha value is -1.58. The largest absolute Gasteiger partial charge is 0.384 e. The number of aromatic nitrogens is 1. The zero-order valence-electron chi connectivity index (χ0n) is 8.81. The van der Waals surface area contributed by atoms with Gasteiger partial charge in [-0.1, -0.05) is 0 Å². The van der Waals surface area contributed by atoms with E-state index in [9.17, 15) is 4.79 Å². The topological polar surface area (TPSA) is 59.2 Å². The number of nitrogen functional groups attached to an aromatic ring is 1. The van der Waals surface area contributed by atoms with E-state index in [2.05, 4.69) is 4.98 Å². The molecular formula is C11H15N3O. The summed E-state index contributed by atoms with van der Waals surface area (Å²) < 4.78 is 0. The summed E-state index contributed by atoms with van der Waals surface area (Å²) in [4.78, 5) is 16.8. The van der Waals surface area contributed by atoms with Crippen LogP contribution in [0.15, 0.2) is 12.3 Å². The zero-order chi connectivity index (χ0) is 10.8. The molecule has 0 unspecified atom stereocenters. The van der Waals surface area contributed by atoms with Gasteiger partial charge in [0.05, 0.1) is 6.04 Å². The lowest BCUT2D eigenvalue weighted by Crippen LogP contribution is -2.22. The standard InChI is InChI=1S/C11H15N3O/c1-8-5-11(12)13-6-9(8)10-3-2-4-14(10)7-15/h5-7,10H,2-4H2,1H3,(H2,12,13)/t10-/m0/s1. The minimum Gasteiger partial charge on any atom is -0.384 e. The van der Waals surface area contributed by atoms with E-state index in [1.807, 2.05) is 17.9 Å². The van der Waals surface area contributed by atoms with E-state index in [0.717, 1.165) is 36.9 Å². The SMILES string of the molecule is Cc1cc(N)ncc1[C@@H]1CCCN1C=O. The van der Waals surface area contributed by atoms with Crippen molar-refractivity contribution < 1.29 is 4.79 Å². The Bertz CT molecular complexity index is 378. The van der Waals surface area contributed by atoms with Crippen molar-refractivity contribution >= 4 is 12.2 Å². The molecule has 0 radical (unpaired) electrons. The summed E-state index contributed by atoms with van der Waals surface area (Å²) in [6.07, 6.45) is 4.79. The van der Waals surface area contributed by atoms with Crippen LogP contribution in [0.4, 0.5) is 5.82 Å². The molecule has 1 fully saturated rings. The van der Waals surface area contributed by atoms with Gasteiger partial charge in [0.15, 0.2) is 0 Å². The Morgan fingerprint density at radius 2 is 2.47 bits per heavy atom. The molecule has 1 aromatic rings. The second-order valence-corrected chi connectivity index (χ2v) is 3.97. The van der Waals surface area contributed by atoms with E-state index in [4.69, 9.17) is 5.73 Å². The van der Waals surface area contributed by atoms with E-state index < -0.39 is 0 Å². The second kappa shape index (κ2) is 3.88. The van der Waals surface area contributed by atoms with Crippen LogP contribution in [0, 0.1) is 6.92 Å². The fraction of sp³-hybridized carbons (Fsp3) is 0.455. The first-order valence-electron chi connectivity index (χ1n) is 5.15. The van der Waals surface area contributed by atoms with Crippen LogP contribution in [0.2, 0.25) is 0 Å². The van der Waals surface area contributed by atoms with E-state index in [1.54, 1.807) is 6.20 Å². The van der Waals surface area contributed by atoms with Gasteiger partial charge in [-0.05, 0) is 37.0 Å². The molecule has 1 atom stereocenters. The summed E-state index contributed by atoms with van der Waals surface area (Å²) in [6, 6.07) is 2.05. The maximum Gasteiger partial charge on any atom is 0.210 e. The van der Waals surface area contributed by atoms with Gasteiger partial charge in [-0.25, -0.2) is 4.98 Å². The monoisotopic (exact) mass is 205 g/mol. The van der Waals surface area contributed by atoms with Gasteiger partial charge in [0, 0.05) is 12.7 Å².